The molecular formula is N18Te. The third-order valence-electron chi connectivity index (χ3n) is 1.31. The van der Waals surface area contributed by atoms with Gasteiger partial charge in [-0.15, -0.1) is 0 Å². The van der Waals surface area contributed by atoms with Crippen LogP contribution in [0.3, 0.4) is 0 Å². The fourth-order valence-electron chi connectivity index (χ4n) is 0.735. The summed E-state index contributed by atoms with van der Waals surface area (Å²) in [4.78, 5) is 12.8. The average molecular weight is 380 g/mol. The Labute approximate surface area is 100 Å². The summed E-state index contributed by atoms with van der Waals surface area (Å²) in [6, 6.07) is 0. The van der Waals surface area contributed by atoms with Crippen molar-refractivity contribution < 1.29 is 0 Å². The second-order valence-electron chi connectivity index (χ2n) is 2.25. The van der Waals surface area contributed by atoms with E-state index in [4.69, 9.17) is 33.2 Å². The third-order valence-corrected chi connectivity index (χ3v) is 8.82. The van der Waals surface area contributed by atoms with Crippen LogP contribution in [0.5, 0.6) is 0 Å². The van der Waals surface area contributed by atoms with Gasteiger partial charge in [0.1, 0.15) is 0 Å². The Morgan fingerprint density at radius 2 is 0.579 bits per heavy atom. The molecule has 0 atom stereocenters. The molecule has 0 bridgehead atoms. The van der Waals surface area contributed by atoms with E-state index in [2.05, 4.69) is 49.7 Å². The molecule has 0 aliphatic heterocycles. The molecule has 0 heterocycles. The molecule has 0 aromatic rings. The number of nitrogens with zero attached hydrogens (tertiary/aromatic N) is 18. The first-order valence-electron chi connectivity index (χ1n) is 3.50. The Morgan fingerprint density at radius 1 is 0.421 bits per heavy atom. The molecule has 0 fully saturated rings. The minimum atomic E-state index is -7.59. The summed E-state index contributed by atoms with van der Waals surface area (Å²) in [6.07, 6.45) is 0. The second-order valence-corrected chi connectivity index (χ2v) is 12.0. The maximum atomic E-state index is 8.45. The van der Waals surface area contributed by atoms with Crippen LogP contribution >= 0.6 is 0 Å². The van der Waals surface area contributed by atoms with E-state index in [9.17, 15) is 0 Å². The van der Waals surface area contributed by atoms with Gasteiger partial charge in [0.15, 0.2) is 0 Å². The van der Waals surface area contributed by atoms with Gasteiger partial charge in [-0.05, 0) is 0 Å². The van der Waals surface area contributed by atoms with E-state index in [1.807, 2.05) is 0 Å². The third kappa shape index (κ3) is 2.20. The van der Waals surface area contributed by atoms with Crippen LogP contribution in [0.25, 0.3) is 62.7 Å². The molecule has 0 rings (SSSR count). The summed E-state index contributed by atoms with van der Waals surface area (Å²) < 4.78 is 16.4. The zero-order chi connectivity index (χ0) is 14.9. The summed E-state index contributed by atoms with van der Waals surface area (Å²) >= 11 is -7.59. The fourth-order valence-corrected chi connectivity index (χ4v) is 4.93. The number of azide groups is 1. The first-order chi connectivity index (χ1) is 8.97. The van der Waals surface area contributed by atoms with Crippen LogP contribution in [0.15, 0.2) is 20.2 Å². The van der Waals surface area contributed by atoms with Crippen LogP contribution < -0.4 is 0 Å². The van der Waals surface area contributed by atoms with Crippen molar-refractivity contribution in [2.45, 2.75) is 0 Å². The molecule has 18 nitrogen and oxygen atoms in total. The molecule has 0 aliphatic rings. The summed E-state index contributed by atoms with van der Waals surface area (Å²) in [5, 5.41) is 0. The van der Waals surface area contributed by atoms with Crippen molar-refractivity contribution in [3.8, 4) is 0 Å². The second kappa shape index (κ2) is 4.88. The van der Waals surface area contributed by atoms with Crippen molar-refractivity contribution in [1.82, 2.24) is 0 Å². The van der Waals surface area contributed by atoms with E-state index < -0.39 is 17.1 Å². The van der Waals surface area contributed by atoms with Gasteiger partial charge < -0.3 is 0 Å². The van der Waals surface area contributed by atoms with Crippen molar-refractivity contribution >= 4 is 17.1 Å². The number of hydrogen-bond donors (Lipinski definition) is 0. The zero-order valence-electron chi connectivity index (χ0n) is 8.46. The fraction of sp³-hybridized carbons (Fsp3) is 0. The van der Waals surface area contributed by atoms with Gasteiger partial charge in [0.25, 0.3) is 0 Å². The Hall–Kier alpha value is -3.35. The van der Waals surface area contributed by atoms with Crippen molar-refractivity contribution in [2.75, 3.05) is 0 Å². The first kappa shape index (κ1) is 15.6. The summed E-state index contributed by atoms with van der Waals surface area (Å²) in [6.45, 7) is 0. The van der Waals surface area contributed by atoms with Gasteiger partial charge in [0, 0.05) is 0 Å². The Balaban J connectivity index is 7.86. The van der Waals surface area contributed by atoms with Crippen molar-refractivity contribution in [1.29, 1.82) is 0 Å². The van der Waals surface area contributed by atoms with Gasteiger partial charge in [0.05, 0.1) is 0 Å². The van der Waals surface area contributed by atoms with E-state index in [1.54, 1.807) is 0 Å². The normalized spacial score (nSPS) is 12.0. The van der Waals surface area contributed by atoms with Crippen LogP contribution in [0.1, 0.15) is 0 Å². The maximum absolute atomic E-state index is 8.45. The van der Waals surface area contributed by atoms with E-state index in [1.165, 1.54) is 0 Å². The molecule has 0 aliphatic carbocycles. The van der Waals surface area contributed by atoms with Crippen LogP contribution in [0, 0.1) is 0 Å². The molecule has 0 radical (unpaired) electrons. The summed E-state index contributed by atoms with van der Waals surface area (Å²) in [5.74, 6) is 0. The molecule has 0 aromatic heterocycles. The van der Waals surface area contributed by atoms with E-state index in [0.717, 1.165) is 0 Å². The van der Waals surface area contributed by atoms with E-state index in [-0.39, 0.29) is 0 Å². The van der Waals surface area contributed by atoms with Crippen molar-refractivity contribution in [3.63, 3.8) is 0 Å². The molecule has 0 aromatic carbocycles. The molecular weight excluding hydrogens is 380 g/mol. The Bertz CT molecular complexity index is 516. The average Bonchev–Trinajstić information content (AvgIpc) is 2.31. The van der Waals surface area contributed by atoms with Crippen LogP contribution in [0.2, 0.25) is 0 Å². The van der Waals surface area contributed by atoms with Gasteiger partial charge in [-0.3, -0.25) is 0 Å². The number of hydrogen-bond acceptors (Lipinski definition) is 6. The van der Waals surface area contributed by atoms with Gasteiger partial charge >= 0.3 is 99.9 Å². The van der Waals surface area contributed by atoms with Crippen molar-refractivity contribution in [3.05, 3.63) is 62.7 Å². The van der Waals surface area contributed by atoms with Crippen LogP contribution in [-0.2, 0) is 0 Å². The summed E-state index contributed by atoms with van der Waals surface area (Å²) in [5.41, 5.74) is 50.7. The Kier molecular flexibility index (Phi) is 4.02. The number of rotatable bonds is 6. The molecule has 0 amide bonds. The van der Waals surface area contributed by atoms with Crippen LogP contribution in [0.4, 0.5) is 0 Å². The molecule has 0 N–H and O–H groups in total. The molecule has 96 valence electrons. The van der Waals surface area contributed by atoms with E-state index >= 15 is 0 Å². The molecule has 19 heteroatoms. The first-order valence-corrected chi connectivity index (χ1v) is 9.75. The predicted octanol–water partition coefficient (Wildman–Crippen LogP) is 4.19. The molecule has 0 saturated heterocycles. The van der Waals surface area contributed by atoms with Crippen molar-refractivity contribution in [2.24, 2.45) is 20.2 Å². The molecule has 19 heavy (non-hydrogen) atoms. The van der Waals surface area contributed by atoms with E-state index in [0.29, 0.717) is 0 Å². The monoisotopic (exact) mass is 382 g/mol. The minimum absolute atomic E-state index is 2.13. The predicted molar refractivity (Wildman–Crippen MR) is 60.6 cm³/mol. The van der Waals surface area contributed by atoms with Gasteiger partial charge in [-0.25, -0.2) is 0 Å². The molecule has 0 saturated carbocycles. The quantitative estimate of drug-likeness (QED) is 0.271. The SMILES string of the molecule is [N-]=[N+]=N[Te](N=[N+]=[N-])(N=[N+]=[N-])(N=[N+]=[N-])(N=[N+]=[N-])N=[N+]=[N-]. The Morgan fingerprint density at radius 3 is 0.684 bits per heavy atom. The molecule has 0 unspecified atom stereocenters. The zero-order valence-corrected chi connectivity index (χ0v) is 10.8. The topological polar surface area (TPSA) is 293 Å². The van der Waals surface area contributed by atoms with Gasteiger partial charge in [-0.2, -0.15) is 0 Å². The standard InChI is InChI=1S/N18Te/c1-7-13-19(14-8-2,15-9-3,16-10-4,17-11-5)18-12-6. The van der Waals surface area contributed by atoms with Gasteiger partial charge in [0.2, 0.25) is 0 Å². The van der Waals surface area contributed by atoms with Crippen LogP contribution in [-0.4, -0.2) is 17.1 Å². The van der Waals surface area contributed by atoms with Gasteiger partial charge in [-0.1, -0.05) is 0 Å². The summed E-state index contributed by atoms with van der Waals surface area (Å²) in [7, 11) is 0. The molecule has 0 spiro atoms.